The topological polar surface area (TPSA) is 65.8 Å². The van der Waals surface area contributed by atoms with Crippen LogP contribution in [0, 0.1) is 11.3 Å². The Morgan fingerprint density at radius 3 is 2.88 bits per heavy atom. The number of piperazine rings is 1. The molecule has 1 saturated carbocycles. The minimum atomic E-state index is -0.186. The van der Waals surface area contributed by atoms with Gasteiger partial charge in [-0.2, -0.15) is 5.26 Å². The molecular weight excluding hydrogens is 306 g/mol. The second-order valence-corrected chi connectivity index (χ2v) is 6.34. The molecule has 2 aliphatic heterocycles. The van der Waals surface area contributed by atoms with E-state index in [4.69, 9.17) is 9.47 Å². The lowest BCUT2D eigenvalue weighted by Crippen LogP contribution is -2.54. The van der Waals surface area contributed by atoms with Gasteiger partial charge in [0.05, 0.1) is 6.07 Å². The fourth-order valence-electron chi connectivity index (χ4n) is 3.25. The van der Waals surface area contributed by atoms with Gasteiger partial charge in [0.15, 0.2) is 11.5 Å². The van der Waals surface area contributed by atoms with E-state index in [9.17, 15) is 10.1 Å². The van der Waals surface area contributed by atoms with Gasteiger partial charge >= 0.3 is 0 Å². The number of carbonyl (C=O) groups excluding carboxylic acids is 1. The maximum atomic E-state index is 12.4. The van der Waals surface area contributed by atoms with Crippen LogP contribution in [0.15, 0.2) is 24.3 Å². The van der Waals surface area contributed by atoms with E-state index in [1.54, 1.807) is 17.1 Å². The highest BCUT2D eigenvalue weighted by Gasteiger charge is 2.38. The Hall–Kier alpha value is -2.52. The number of nitriles is 1. The molecule has 1 aliphatic carbocycles. The molecule has 2 fully saturated rings. The summed E-state index contributed by atoms with van der Waals surface area (Å²) in [6, 6.07) is 8.29. The summed E-state index contributed by atoms with van der Waals surface area (Å²) in [5.41, 5.74) is 0.890. The van der Waals surface area contributed by atoms with Crippen molar-refractivity contribution < 1.29 is 14.3 Å². The Balaban J connectivity index is 1.40. The van der Waals surface area contributed by atoms with Crippen LogP contribution in [0.25, 0.3) is 6.08 Å². The standard InChI is InChI=1S/C18H19N3O3/c19-10-15-11-20(7-8-21(15)14-3-4-14)18(22)6-2-13-1-5-16-17(9-13)24-12-23-16/h1-2,5-6,9,14-15H,3-4,7-8,11-12H2/b6-2+. The first-order chi connectivity index (χ1) is 11.7. The lowest BCUT2D eigenvalue weighted by Gasteiger charge is -2.38. The molecule has 1 amide bonds. The third-order valence-corrected chi connectivity index (χ3v) is 4.71. The fraction of sp³-hybridized carbons (Fsp3) is 0.444. The Kier molecular flexibility index (Phi) is 3.87. The van der Waals surface area contributed by atoms with Gasteiger partial charge in [-0.15, -0.1) is 0 Å². The highest BCUT2D eigenvalue weighted by atomic mass is 16.7. The van der Waals surface area contributed by atoms with E-state index in [2.05, 4.69) is 11.0 Å². The van der Waals surface area contributed by atoms with Crippen LogP contribution in [-0.4, -0.2) is 54.2 Å². The number of ether oxygens (including phenoxy) is 2. The average Bonchev–Trinajstić information content (AvgIpc) is 3.36. The second kappa shape index (κ2) is 6.17. The number of hydrogen-bond acceptors (Lipinski definition) is 5. The predicted molar refractivity (Wildman–Crippen MR) is 87.3 cm³/mol. The third-order valence-electron chi connectivity index (χ3n) is 4.71. The van der Waals surface area contributed by atoms with Crippen LogP contribution >= 0.6 is 0 Å². The first-order valence-corrected chi connectivity index (χ1v) is 8.26. The monoisotopic (exact) mass is 325 g/mol. The average molecular weight is 325 g/mol. The van der Waals surface area contributed by atoms with Gasteiger partial charge in [-0.1, -0.05) is 6.07 Å². The zero-order valence-electron chi connectivity index (χ0n) is 13.4. The highest BCUT2D eigenvalue weighted by Crippen LogP contribution is 2.33. The van der Waals surface area contributed by atoms with Crippen LogP contribution in [0.5, 0.6) is 11.5 Å². The SMILES string of the molecule is N#CC1CN(C(=O)/C=C/c2ccc3c(c2)OCO3)CCN1C1CC1. The van der Waals surface area contributed by atoms with Gasteiger partial charge in [0.1, 0.15) is 6.04 Å². The van der Waals surface area contributed by atoms with E-state index >= 15 is 0 Å². The Morgan fingerprint density at radius 1 is 1.25 bits per heavy atom. The first-order valence-electron chi connectivity index (χ1n) is 8.26. The van der Waals surface area contributed by atoms with E-state index in [0.717, 1.165) is 17.9 Å². The number of nitrogens with zero attached hydrogens (tertiary/aromatic N) is 3. The van der Waals surface area contributed by atoms with E-state index in [-0.39, 0.29) is 18.7 Å². The number of carbonyl (C=O) groups is 1. The molecule has 0 aromatic heterocycles. The molecule has 1 unspecified atom stereocenters. The maximum Gasteiger partial charge on any atom is 0.246 e. The minimum absolute atomic E-state index is 0.0524. The van der Waals surface area contributed by atoms with Crippen molar-refractivity contribution in [3.05, 3.63) is 29.8 Å². The lowest BCUT2D eigenvalue weighted by molar-refractivity contribution is -0.128. The number of amides is 1. The highest BCUT2D eigenvalue weighted by molar-refractivity contribution is 5.92. The second-order valence-electron chi connectivity index (χ2n) is 6.34. The van der Waals surface area contributed by atoms with Crippen molar-refractivity contribution in [2.45, 2.75) is 24.9 Å². The molecule has 1 aromatic carbocycles. The summed E-state index contributed by atoms with van der Waals surface area (Å²) in [5.74, 6) is 1.38. The van der Waals surface area contributed by atoms with Gasteiger partial charge in [-0.05, 0) is 36.6 Å². The number of hydrogen-bond donors (Lipinski definition) is 0. The van der Waals surface area contributed by atoms with Gasteiger partial charge in [-0.25, -0.2) is 0 Å². The van der Waals surface area contributed by atoms with Gasteiger partial charge in [0.2, 0.25) is 12.7 Å². The molecule has 0 N–H and O–H groups in total. The quantitative estimate of drug-likeness (QED) is 0.790. The molecule has 6 heteroatoms. The van der Waals surface area contributed by atoms with E-state index in [1.807, 2.05) is 18.2 Å². The Morgan fingerprint density at radius 2 is 2.08 bits per heavy atom. The zero-order valence-corrected chi connectivity index (χ0v) is 13.4. The molecule has 124 valence electrons. The van der Waals surface area contributed by atoms with Crippen LogP contribution in [0.3, 0.4) is 0 Å². The van der Waals surface area contributed by atoms with Gasteiger partial charge < -0.3 is 14.4 Å². The van der Waals surface area contributed by atoms with Crippen LogP contribution in [0.2, 0.25) is 0 Å². The Labute approximate surface area is 140 Å². The predicted octanol–water partition coefficient (Wildman–Crippen LogP) is 1.63. The molecule has 1 aromatic rings. The van der Waals surface area contributed by atoms with Crippen molar-refractivity contribution in [1.82, 2.24) is 9.80 Å². The van der Waals surface area contributed by atoms with Crippen LogP contribution in [0.1, 0.15) is 18.4 Å². The van der Waals surface area contributed by atoms with E-state index in [0.29, 0.717) is 24.9 Å². The summed E-state index contributed by atoms with van der Waals surface area (Å²) in [6.07, 6.45) is 5.70. The van der Waals surface area contributed by atoms with E-state index < -0.39 is 0 Å². The first kappa shape index (κ1) is 15.0. The van der Waals surface area contributed by atoms with Crippen molar-refractivity contribution >= 4 is 12.0 Å². The molecule has 2 heterocycles. The molecule has 1 atom stereocenters. The summed E-state index contributed by atoms with van der Waals surface area (Å²) in [4.78, 5) is 16.4. The molecule has 0 radical (unpaired) electrons. The molecule has 3 aliphatic rings. The molecule has 24 heavy (non-hydrogen) atoms. The lowest BCUT2D eigenvalue weighted by atomic mass is 10.1. The van der Waals surface area contributed by atoms with Gasteiger partial charge in [0, 0.05) is 31.8 Å². The summed E-state index contributed by atoms with van der Waals surface area (Å²) >= 11 is 0. The molecular formula is C18H19N3O3. The Bertz CT molecular complexity index is 721. The normalized spacial score (nSPS) is 23.5. The summed E-state index contributed by atoms with van der Waals surface area (Å²) in [6.45, 7) is 2.19. The van der Waals surface area contributed by atoms with Crippen LogP contribution in [0.4, 0.5) is 0 Å². The number of rotatable bonds is 3. The van der Waals surface area contributed by atoms with Crippen molar-refractivity contribution in [2.75, 3.05) is 26.4 Å². The summed E-state index contributed by atoms with van der Waals surface area (Å²) in [5, 5.41) is 9.36. The number of fused-ring (bicyclic) bond motifs is 1. The zero-order chi connectivity index (χ0) is 16.5. The maximum absolute atomic E-state index is 12.4. The minimum Gasteiger partial charge on any atom is -0.454 e. The van der Waals surface area contributed by atoms with Crippen molar-refractivity contribution in [3.8, 4) is 17.6 Å². The summed E-state index contributed by atoms with van der Waals surface area (Å²) < 4.78 is 10.6. The van der Waals surface area contributed by atoms with Crippen LogP contribution < -0.4 is 9.47 Å². The molecule has 0 bridgehead atoms. The van der Waals surface area contributed by atoms with Crippen molar-refractivity contribution in [3.63, 3.8) is 0 Å². The van der Waals surface area contributed by atoms with Gasteiger partial charge in [0.25, 0.3) is 0 Å². The van der Waals surface area contributed by atoms with E-state index in [1.165, 1.54) is 12.8 Å². The van der Waals surface area contributed by atoms with Crippen molar-refractivity contribution in [2.24, 2.45) is 0 Å². The summed E-state index contributed by atoms with van der Waals surface area (Å²) in [7, 11) is 0. The largest absolute Gasteiger partial charge is 0.454 e. The molecule has 4 rings (SSSR count). The van der Waals surface area contributed by atoms with Gasteiger partial charge in [-0.3, -0.25) is 9.69 Å². The molecule has 6 nitrogen and oxygen atoms in total. The van der Waals surface area contributed by atoms with Crippen molar-refractivity contribution in [1.29, 1.82) is 5.26 Å². The van der Waals surface area contributed by atoms with Crippen LogP contribution in [-0.2, 0) is 4.79 Å². The smallest absolute Gasteiger partial charge is 0.246 e. The fourth-order valence-corrected chi connectivity index (χ4v) is 3.25. The molecule has 1 saturated heterocycles. The third kappa shape index (κ3) is 2.95. The number of benzene rings is 1. The molecule has 0 spiro atoms.